The molecule has 1 atom stereocenters. The minimum absolute atomic E-state index is 0.148. The summed E-state index contributed by atoms with van der Waals surface area (Å²) in [5, 5.41) is 4.61. The number of carbonyl (C=O) groups is 2. The summed E-state index contributed by atoms with van der Waals surface area (Å²) in [6, 6.07) is 21.8. The molecule has 4 nitrogen and oxygen atoms in total. The number of rotatable bonds is 12. The summed E-state index contributed by atoms with van der Waals surface area (Å²) in [4.78, 5) is 28.6. The van der Waals surface area contributed by atoms with Crippen LogP contribution < -0.4 is 5.32 Å². The molecule has 1 N–H and O–H groups in total. The van der Waals surface area contributed by atoms with Crippen LogP contribution in [0.4, 0.5) is 0 Å². The van der Waals surface area contributed by atoms with E-state index in [0.29, 0.717) is 33.8 Å². The van der Waals surface area contributed by atoms with E-state index < -0.39 is 6.04 Å². The molecule has 3 aromatic carbocycles. The highest BCUT2D eigenvalue weighted by atomic mass is 35.5. The Hall–Kier alpha value is -2.18. The molecule has 36 heavy (non-hydrogen) atoms. The van der Waals surface area contributed by atoms with Crippen LogP contribution in [0.15, 0.2) is 72.8 Å². The Morgan fingerprint density at radius 2 is 1.64 bits per heavy atom. The van der Waals surface area contributed by atoms with Gasteiger partial charge in [-0.2, -0.15) is 0 Å². The fraction of sp³-hybridized carbons (Fsp3) is 0.286. The second-order valence-electron chi connectivity index (χ2n) is 8.34. The van der Waals surface area contributed by atoms with Gasteiger partial charge in [0.15, 0.2) is 0 Å². The van der Waals surface area contributed by atoms with Gasteiger partial charge >= 0.3 is 0 Å². The second kappa shape index (κ2) is 14.5. The lowest BCUT2D eigenvalue weighted by molar-refractivity contribution is -0.139. The monoisotopic (exact) mass is 562 g/mol. The fourth-order valence-corrected chi connectivity index (χ4v) is 5.36. The molecule has 8 heteroatoms. The average molecular weight is 564 g/mol. The first kappa shape index (κ1) is 28.4. The number of halogens is 3. The zero-order valence-corrected chi connectivity index (χ0v) is 23.1. The third-order valence-electron chi connectivity index (χ3n) is 5.62. The zero-order valence-electron chi connectivity index (χ0n) is 20.1. The van der Waals surface area contributed by atoms with Crippen molar-refractivity contribution in [2.24, 2.45) is 0 Å². The van der Waals surface area contributed by atoms with E-state index in [1.54, 1.807) is 23.1 Å². The van der Waals surface area contributed by atoms with Crippen molar-refractivity contribution in [1.29, 1.82) is 0 Å². The largest absolute Gasteiger partial charge is 0.354 e. The number of hydrogen-bond donors (Lipinski definition) is 1. The molecule has 0 saturated carbocycles. The standard InChI is InChI=1S/C28H29Cl3N2O2S/c1-2-14-32-28(35)26(15-20-8-4-3-5-9-20)33(17-21-12-13-23(29)16-25(21)31)27(34)19-36-18-22-10-6-7-11-24(22)30/h3-13,16,26H,2,14-15,17-19H2,1H3,(H,32,35). The van der Waals surface area contributed by atoms with Crippen molar-refractivity contribution in [2.45, 2.75) is 38.1 Å². The first-order chi connectivity index (χ1) is 17.4. The Kier molecular flexibility index (Phi) is 11.5. The maximum atomic E-state index is 13.6. The van der Waals surface area contributed by atoms with E-state index in [0.717, 1.165) is 23.1 Å². The maximum Gasteiger partial charge on any atom is 0.243 e. The number of thioether (sulfide) groups is 1. The summed E-state index contributed by atoms with van der Waals surface area (Å²) in [5.41, 5.74) is 2.66. The Balaban J connectivity index is 1.87. The van der Waals surface area contributed by atoms with Crippen molar-refractivity contribution < 1.29 is 9.59 Å². The Morgan fingerprint density at radius 1 is 0.917 bits per heavy atom. The van der Waals surface area contributed by atoms with Gasteiger partial charge in [-0.05, 0) is 41.3 Å². The van der Waals surface area contributed by atoms with Gasteiger partial charge in [-0.25, -0.2) is 0 Å². The van der Waals surface area contributed by atoms with Crippen LogP contribution in [0.25, 0.3) is 0 Å². The molecule has 0 spiro atoms. The van der Waals surface area contributed by atoms with Gasteiger partial charge in [0.1, 0.15) is 6.04 Å². The van der Waals surface area contributed by atoms with E-state index >= 15 is 0 Å². The third kappa shape index (κ3) is 8.45. The predicted molar refractivity (Wildman–Crippen MR) is 152 cm³/mol. The van der Waals surface area contributed by atoms with Crippen LogP contribution in [-0.2, 0) is 28.3 Å². The molecule has 0 aliphatic heterocycles. The molecular weight excluding hydrogens is 535 g/mol. The summed E-state index contributed by atoms with van der Waals surface area (Å²) in [6.45, 7) is 2.72. The summed E-state index contributed by atoms with van der Waals surface area (Å²) in [5.74, 6) is 0.454. The molecule has 3 rings (SSSR count). The molecule has 190 valence electrons. The third-order valence-corrected chi connectivity index (χ3v) is 7.54. The van der Waals surface area contributed by atoms with Gasteiger partial charge in [0.25, 0.3) is 0 Å². The maximum absolute atomic E-state index is 13.6. The molecule has 0 bridgehead atoms. The van der Waals surface area contributed by atoms with Crippen molar-refractivity contribution in [3.05, 3.63) is 105 Å². The lowest BCUT2D eigenvalue weighted by Gasteiger charge is -2.32. The smallest absolute Gasteiger partial charge is 0.243 e. The van der Waals surface area contributed by atoms with Gasteiger partial charge in [0, 0.05) is 40.3 Å². The second-order valence-corrected chi connectivity index (χ2v) is 10.6. The van der Waals surface area contributed by atoms with Crippen LogP contribution in [0.5, 0.6) is 0 Å². The number of nitrogens with zero attached hydrogens (tertiary/aromatic N) is 1. The van der Waals surface area contributed by atoms with Crippen LogP contribution in [0.3, 0.4) is 0 Å². The van der Waals surface area contributed by atoms with Crippen molar-refractivity contribution in [3.8, 4) is 0 Å². The van der Waals surface area contributed by atoms with Crippen LogP contribution in [0.1, 0.15) is 30.0 Å². The van der Waals surface area contributed by atoms with Crippen LogP contribution >= 0.6 is 46.6 Å². The minimum atomic E-state index is -0.695. The van der Waals surface area contributed by atoms with E-state index in [-0.39, 0.29) is 24.1 Å². The number of hydrogen-bond acceptors (Lipinski definition) is 3. The minimum Gasteiger partial charge on any atom is -0.354 e. The first-order valence-electron chi connectivity index (χ1n) is 11.7. The lowest BCUT2D eigenvalue weighted by Crippen LogP contribution is -2.51. The molecule has 0 aromatic heterocycles. The van der Waals surface area contributed by atoms with Gasteiger partial charge in [-0.1, -0.05) is 96.3 Å². The van der Waals surface area contributed by atoms with Gasteiger partial charge in [0.05, 0.1) is 5.75 Å². The van der Waals surface area contributed by atoms with Crippen molar-refractivity contribution in [3.63, 3.8) is 0 Å². The topological polar surface area (TPSA) is 49.4 Å². The van der Waals surface area contributed by atoms with Gasteiger partial charge < -0.3 is 10.2 Å². The predicted octanol–water partition coefficient (Wildman–Crippen LogP) is 7.05. The Morgan fingerprint density at radius 3 is 2.33 bits per heavy atom. The molecule has 0 heterocycles. The van der Waals surface area contributed by atoms with Gasteiger partial charge in [-0.3, -0.25) is 9.59 Å². The van der Waals surface area contributed by atoms with E-state index in [4.69, 9.17) is 34.8 Å². The molecule has 0 aliphatic rings. The van der Waals surface area contributed by atoms with Gasteiger partial charge in [-0.15, -0.1) is 11.8 Å². The van der Waals surface area contributed by atoms with Crippen LogP contribution in [-0.4, -0.2) is 35.1 Å². The molecule has 0 fully saturated rings. The van der Waals surface area contributed by atoms with Crippen LogP contribution in [0.2, 0.25) is 15.1 Å². The molecule has 0 radical (unpaired) electrons. The summed E-state index contributed by atoms with van der Waals surface area (Å²) >= 11 is 20.3. The number of amides is 2. The van der Waals surface area contributed by atoms with Crippen molar-refractivity contribution in [1.82, 2.24) is 10.2 Å². The highest BCUT2D eigenvalue weighted by molar-refractivity contribution is 7.99. The number of nitrogens with one attached hydrogen (secondary N) is 1. The van der Waals surface area contributed by atoms with E-state index in [1.807, 2.05) is 61.5 Å². The molecule has 2 amide bonds. The lowest BCUT2D eigenvalue weighted by atomic mass is 10.0. The quantitative estimate of drug-likeness (QED) is 0.257. The van der Waals surface area contributed by atoms with Crippen molar-refractivity contribution in [2.75, 3.05) is 12.3 Å². The highest BCUT2D eigenvalue weighted by Gasteiger charge is 2.30. The SMILES string of the molecule is CCCNC(=O)C(Cc1ccccc1)N(Cc1ccc(Cl)cc1Cl)C(=O)CSCc1ccccc1Cl. The summed E-state index contributed by atoms with van der Waals surface area (Å²) in [6.07, 6.45) is 1.19. The number of carbonyl (C=O) groups excluding carboxylic acids is 2. The fourth-order valence-electron chi connectivity index (χ4n) is 3.70. The number of benzene rings is 3. The zero-order chi connectivity index (χ0) is 25.9. The molecule has 0 aliphatic carbocycles. The Labute approximate surface area is 232 Å². The summed E-state index contributed by atoms with van der Waals surface area (Å²) < 4.78 is 0. The van der Waals surface area contributed by atoms with Crippen LogP contribution in [0, 0.1) is 0 Å². The van der Waals surface area contributed by atoms with Crippen molar-refractivity contribution >= 4 is 58.4 Å². The molecule has 3 aromatic rings. The molecular formula is C28H29Cl3N2O2S. The highest BCUT2D eigenvalue weighted by Crippen LogP contribution is 2.26. The van der Waals surface area contributed by atoms with E-state index in [2.05, 4.69) is 5.32 Å². The first-order valence-corrected chi connectivity index (χ1v) is 14.0. The van der Waals surface area contributed by atoms with E-state index in [9.17, 15) is 9.59 Å². The molecule has 1 unspecified atom stereocenters. The van der Waals surface area contributed by atoms with Gasteiger partial charge in [0.2, 0.25) is 11.8 Å². The van der Waals surface area contributed by atoms with E-state index in [1.165, 1.54) is 11.8 Å². The normalized spacial score (nSPS) is 11.7. The Bertz CT molecular complexity index is 1160. The molecule has 0 saturated heterocycles. The summed E-state index contributed by atoms with van der Waals surface area (Å²) in [7, 11) is 0. The average Bonchev–Trinajstić information content (AvgIpc) is 2.87.